The van der Waals surface area contributed by atoms with Crippen molar-refractivity contribution < 1.29 is 23.8 Å². The number of carboxylic acids is 1. The monoisotopic (exact) mass is 321 g/mol. The van der Waals surface area contributed by atoms with Crippen LogP contribution in [0, 0.1) is 11.6 Å². The van der Waals surface area contributed by atoms with Gasteiger partial charge in [0.1, 0.15) is 0 Å². The molecular weight excluding hydrogens is 304 g/mol. The van der Waals surface area contributed by atoms with Crippen LogP contribution in [0.5, 0.6) is 0 Å². The Morgan fingerprint density at radius 2 is 1.74 bits per heavy atom. The van der Waals surface area contributed by atoms with Crippen molar-refractivity contribution in [2.75, 3.05) is 0 Å². The molecule has 3 atom stereocenters. The van der Waals surface area contributed by atoms with Crippen molar-refractivity contribution in [1.82, 2.24) is 0 Å². The molecule has 1 fully saturated rings. The molecule has 23 heavy (non-hydrogen) atoms. The molecule has 2 aromatic rings. The maximum atomic E-state index is 12.7. The van der Waals surface area contributed by atoms with E-state index in [1.165, 1.54) is 6.07 Å². The van der Waals surface area contributed by atoms with Crippen LogP contribution in [-0.2, 0) is 4.79 Å². The van der Waals surface area contributed by atoms with Crippen LogP contribution >= 0.6 is 0 Å². The number of hydrogen-bond acceptors (Lipinski definition) is 3. The molecule has 6 heteroatoms. The number of halogens is 2. The molecule has 0 aromatic heterocycles. The van der Waals surface area contributed by atoms with Gasteiger partial charge < -0.3 is 15.9 Å². The van der Waals surface area contributed by atoms with Gasteiger partial charge in [-0.05, 0) is 29.7 Å². The molecule has 4 N–H and O–H groups in total. The van der Waals surface area contributed by atoms with Crippen LogP contribution < -0.4 is 5.73 Å². The van der Waals surface area contributed by atoms with Crippen LogP contribution in [0.25, 0.3) is 0 Å². The molecule has 0 aliphatic heterocycles. The predicted octanol–water partition coefficient (Wildman–Crippen LogP) is 2.58. The maximum Gasteiger partial charge on any atom is 0.337 e. The van der Waals surface area contributed by atoms with Gasteiger partial charge in [0.25, 0.3) is 0 Å². The Hall–Kier alpha value is -2.31. The number of hydrogen-bond donors (Lipinski definition) is 3. The molecule has 3 rings (SSSR count). The minimum Gasteiger partial charge on any atom is -0.479 e. The second-order valence-electron chi connectivity index (χ2n) is 5.33. The van der Waals surface area contributed by atoms with Crippen molar-refractivity contribution >= 4 is 5.97 Å². The molecule has 0 spiro atoms. The summed E-state index contributed by atoms with van der Waals surface area (Å²) < 4.78 is 25.2. The number of carboxylic acid groups (broad SMARTS) is 1. The Labute approximate surface area is 132 Å². The SMILES string of the molecule is N[C@H]1C[C@@H]1c1ccc(F)c(F)c1.O=C(O)[C@H](O)c1ccccc1. The van der Waals surface area contributed by atoms with Crippen molar-refractivity contribution in [3.8, 4) is 0 Å². The topological polar surface area (TPSA) is 83.6 Å². The van der Waals surface area contributed by atoms with E-state index in [9.17, 15) is 13.6 Å². The standard InChI is InChI=1S/C9H9F2N.C8H8O3/c10-7-2-1-5(3-8(7)11)6-4-9(6)12;9-7(8(10)11)6-4-2-1-3-5-6/h1-3,6,9H,4,12H2;1-5,7,9H,(H,10,11)/t6-,9+;7-/m11/s1. The average Bonchev–Trinajstić information content (AvgIpc) is 3.27. The fraction of sp³-hybridized carbons (Fsp3) is 0.235. The van der Waals surface area contributed by atoms with Crippen LogP contribution in [0.4, 0.5) is 8.78 Å². The summed E-state index contributed by atoms with van der Waals surface area (Å²) in [5.41, 5.74) is 6.78. The van der Waals surface area contributed by atoms with Crippen molar-refractivity contribution in [1.29, 1.82) is 0 Å². The molecule has 0 saturated heterocycles. The third-order valence-electron chi connectivity index (χ3n) is 3.56. The minimum absolute atomic E-state index is 0.134. The van der Waals surface area contributed by atoms with Crippen LogP contribution in [0.1, 0.15) is 29.6 Å². The van der Waals surface area contributed by atoms with E-state index in [-0.39, 0.29) is 12.0 Å². The smallest absolute Gasteiger partial charge is 0.337 e. The van der Waals surface area contributed by atoms with Crippen LogP contribution in [0.2, 0.25) is 0 Å². The molecular formula is C17H17F2NO3. The predicted molar refractivity (Wildman–Crippen MR) is 80.7 cm³/mol. The highest BCUT2D eigenvalue weighted by Gasteiger charge is 2.35. The Bertz CT molecular complexity index is 679. The Morgan fingerprint density at radius 1 is 1.13 bits per heavy atom. The van der Waals surface area contributed by atoms with E-state index in [4.69, 9.17) is 15.9 Å². The lowest BCUT2D eigenvalue weighted by molar-refractivity contribution is -0.146. The summed E-state index contributed by atoms with van der Waals surface area (Å²) in [6, 6.07) is 12.4. The van der Waals surface area contributed by atoms with E-state index < -0.39 is 23.7 Å². The largest absolute Gasteiger partial charge is 0.479 e. The zero-order valence-corrected chi connectivity index (χ0v) is 12.2. The summed E-state index contributed by atoms with van der Waals surface area (Å²) in [7, 11) is 0. The van der Waals surface area contributed by atoms with E-state index in [1.807, 2.05) is 0 Å². The van der Waals surface area contributed by atoms with Gasteiger partial charge in [0, 0.05) is 12.0 Å². The normalized spacial score (nSPS) is 20.2. The molecule has 1 aliphatic rings. The highest BCUT2D eigenvalue weighted by Crippen LogP contribution is 2.39. The fourth-order valence-corrected chi connectivity index (χ4v) is 2.12. The molecule has 1 saturated carbocycles. The van der Waals surface area contributed by atoms with E-state index in [1.54, 1.807) is 36.4 Å². The molecule has 4 nitrogen and oxygen atoms in total. The van der Waals surface area contributed by atoms with E-state index >= 15 is 0 Å². The molecule has 2 aromatic carbocycles. The minimum atomic E-state index is -1.41. The molecule has 0 heterocycles. The van der Waals surface area contributed by atoms with Crippen LogP contribution in [0.15, 0.2) is 48.5 Å². The lowest BCUT2D eigenvalue weighted by atomic mass is 10.1. The number of benzene rings is 2. The third-order valence-corrected chi connectivity index (χ3v) is 3.56. The van der Waals surface area contributed by atoms with E-state index in [2.05, 4.69) is 0 Å². The van der Waals surface area contributed by atoms with Gasteiger partial charge in [-0.25, -0.2) is 13.6 Å². The summed E-state index contributed by atoms with van der Waals surface area (Å²) in [6.45, 7) is 0. The van der Waals surface area contributed by atoms with Gasteiger partial charge in [-0.1, -0.05) is 36.4 Å². The number of carbonyl (C=O) groups is 1. The maximum absolute atomic E-state index is 12.7. The van der Waals surface area contributed by atoms with Crippen molar-refractivity contribution in [2.24, 2.45) is 5.73 Å². The lowest BCUT2D eigenvalue weighted by Gasteiger charge is -2.03. The quantitative estimate of drug-likeness (QED) is 0.811. The number of aliphatic carboxylic acids is 1. The van der Waals surface area contributed by atoms with Gasteiger partial charge in [-0.15, -0.1) is 0 Å². The molecule has 1 aliphatic carbocycles. The number of nitrogens with two attached hydrogens (primary N) is 1. The summed E-state index contributed by atoms with van der Waals surface area (Å²) in [4.78, 5) is 10.2. The molecule has 122 valence electrons. The fourth-order valence-electron chi connectivity index (χ4n) is 2.12. The molecule has 0 unspecified atom stereocenters. The zero-order valence-electron chi connectivity index (χ0n) is 12.2. The molecule has 0 bridgehead atoms. The van der Waals surface area contributed by atoms with Gasteiger partial charge >= 0.3 is 5.97 Å². The summed E-state index contributed by atoms with van der Waals surface area (Å²) >= 11 is 0. The first-order valence-corrected chi connectivity index (χ1v) is 7.06. The molecule has 0 amide bonds. The number of rotatable bonds is 3. The Balaban J connectivity index is 0.000000168. The van der Waals surface area contributed by atoms with Gasteiger partial charge in [0.2, 0.25) is 0 Å². The first kappa shape index (κ1) is 17.1. The Kier molecular flexibility index (Phi) is 5.41. The molecule has 0 radical (unpaired) electrons. The average molecular weight is 321 g/mol. The van der Waals surface area contributed by atoms with Crippen LogP contribution in [0.3, 0.4) is 0 Å². The first-order valence-electron chi connectivity index (χ1n) is 7.06. The van der Waals surface area contributed by atoms with Crippen molar-refractivity contribution in [2.45, 2.75) is 24.5 Å². The summed E-state index contributed by atoms with van der Waals surface area (Å²) in [5, 5.41) is 17.4. The van der Waals surface area contributed by atoms with Gasteiger partial charge in [0.05, 0.1) is 0 Å². The first-order chi connectivity index (χ1) is 10.9. The second-order valence-corrected chi connectivity index (χ2v) is 5.33. The zero-order chi connectivity index (χ0) is 17.0. The van der Waals surface area contributed by atoms with Crippen LogP contribution in [-0.4, -0.2) is 22.2 Å². The van der Waals surface area contributed by atoms with Gasteiger partial charge in [0.15, 0.2) is 17.7 Å². The number of aliphatic hydroxyl groups is 1. The van der Waals surface area contributed by atoms with E-state index in [0.29, 0.717) is 5.56 Å². The highest BCUT2D eigenvalue weighted by molar-refractivity contribution is 5.73. The van der Waals surface area contributed by atoms with Gasteiger partial charge in [-0.3, -0.25) is 0 Å². The highest BCUT2D eigenvalue weighted by atomic mass is 19.2. The van der Waals surface area contributed by atoms with E-state index in [0.717, 1.165) is 18.1 Å². The number of aliphatic hydroxyl groups excluding tert-OH is 1. The van der Waals surface area contributed by atoms with Gasteiger partial charge in [-0.2, -0.15) is 0 Å². The van der Waals surface area contributed by atoms with Crippen molar-refractivity contribution in [3.63, 3.8) is 0 Å². The van der Waals surface area contributed by atoms with Crippen molar-refractivity contribution in [3.05, 3.63) is 71.3 Å². The lowest BCUT2D eigenvalue weighted by Crippen LogP contribution is -2.09. The third kappa shape index (κ3) is 4.58. The Morgan fingerprint density at radius 3 is 2.22 bits per heavy atom. The second kappa shape index (κ2) is 7.30. The summed E-state index contributed by atoms with van der Waals surface area (Å²) in [5.74, 6) is -2.57. The summed E-state index contributed by atoms with van der Waals surface area (Å²) in [6.07, 6.45) is -0.526.